The van der Waals surface area contributed by atoms with Crippen LogP contribution in [0, 0.1) is 0 Å². The molecule has 0 unspecified atom stereocenters. The number of carbonyl (C=O) groups is 3. The van der Waals surface area contributed by atoms with Gasteiger partial charge in [-0.1, -0.05) is 23.7 Å². The molecule has 0 bridgehead atoms. The molecule has 2 saturated heterocycles. The molecule has 6 nitrogen and oxygen atoms in total. The van der Waals surface area contributed by atoms with Crippen molar-refractivity contribution in [3.63, 3.8) is 0 Å². The smallest absolute Gasteiger partial charge is 0.242 e. The minimum atomic E-state index is -0.241. The summed E-state index contributed by atoms with van der Waals surface area (Å²) in [6, 6.07) is 7.76. The summed E-state index contributed by atoms with van der Waals surface area (Å²) < 4.78 is 0. The first-order valence-electron chi connectivity index (χ1n) is 8.11. The van der Waals surface area contributed by atoms with Crippen LogP contribution in [0.5, 0.6) is 0 Å². The fourth-order valence-electron chi connectivity index (χ4n) is 3.04. The monoisotopic (exact) mass is 349 g/mol. The molecular weight excluding hydrogens is 330 g/mol. The van der Waals surface area contributed by atoms with Crippen LogP contribution in [-0.4, -0.2) is 65.1 Å². The number of benzene rings is 1. The van der Waals surface area contributed by atoms with E-state index >= 15 is 0 Å². The zero-order chi connectivity index (χ0) is 17.1. The molecule has 3 amide bonds. The average molecular weight is 350 g/mol. The van der Waals surface area contributed by atoms with Gasteiger partial charge in [0.1, 0.15) is 6.54 Å². The van der Waals surface area contributed by atoms with Crippen LogP contribution < -0.4 is 0 Å². The molecule has 0 atom stereocenters. The molecule has 2 aliphatic rings. The molecule has 2 aliphatic heterocycles. The normalized spacial score (nSPS) is 19.2. The third-order valence-corrected chi connectivity index (χ3v) is 4.74. The van der Waals surface area contributed by atoms with E-state index in [1.807, 2.05) is 24.3 Å². The van der Waals surface area contributed by atoms with Crippen LogP contribution >= 0.6 is 11.6 Å². The van der Waals surface area contributed by atoms with Crippen LogP contribution in [0.1, 0.15) is 18.4 Å². The summed E-state index contributed by atoms with van der Waals surface area (Å²) in [5.41, 5.74) is 1.19. The summed E-state index contributed by atoms with van der Waals surface area (Å²) in [6.07, 6.45) is 0.446. The van der Waals surface area contributed by atoms with Crippen molar-refractivity contribution >= 4 is 29.3 Å². The van der Waals surface area contributed by atoms with Crippen molar-refractivity contribution in [2.45, 2.75) is 19.4 Å². The minimum Gasteiger partial charge on any atom is -0.339 e. The highest BCUT2D eigenvalue weighted by atomic mass is 35.5. The van der Waals surface area contributed by atoms with E-state index in [2.05, 4.69) is 4.90 Å². The van der Waals surface area contributed by atoms with Crippen LogP contribution in [0.25, 0.3) is 0 Å². The van der Waals surface area contributed by atoms with Crippen LogP contribution in [0.15, 0.2) is 24.3 Å². The van der Waals surface area contributed by atoms with Gasteiger partial charge in [0.15, 0.2) is 0 Å². The summed E-state index contributed by atoms with van der Waals surface area (Å²) >= 11 is 5.89. The Balaban J connectivity index is 1.47. The molecule has 24 heavy (non-hydrogen) atoms. The molecule has 7 heteroatoms. The van der Waals surface area contributed by atoms with Gasteiger partial charge in [-0.05, 0) is 17.7 Å². The fraction of sp³-hybridized carbons (Fsp3) is 0.471. The van der Waals surface area contributed by atoms with Crippen molar-refractivity contribution in [2.75, 3.05) is 32.7 Å². The molecule has 0 radical (unpaired) electrons. The van der Waals surface area contributed by atoms with Gasteiger partial charge in [-0.3, -0.25) is 24.2 Å². The van der Waals surface area contributed by atoms with Gasteiger partial charge in [-0.25, -0.2) is 0 Å². The van der Waals surface area contributed by atoms with Crippen molar-refractivity contribution in [1.29, 1.82) is 0 Å². The number of hydrogen-bond donors (Lipinski definition) is 0. The topological polar surface area (TPSA) is 60.9 Å². The van der Waals surface area contributed by atoms with Gasteiger partial charge in [0.2, 0.25) is 17.7 Å². The summed E-state index contributed by atoms with van der Waals surface area (Å²) in [5.74, 6) is -0.630. The van der Waals surface area contributed by atoms with Crippen LogP contribution in [-0.2, 0) is 20.9 Å². The predicted octanol–water partition coefficient (Wildman–Crippen LogP) is 1.13. The van der Waals surface area contributed by atoms with Crippen LogP contribution in [0.2, 0.25) is 5.02 Å². The lowest BCUT2D eigenvalue weighted by Crippen LogP contribution is -2.51. The second kappa shape index (κ2) is 7.32. The molecule has 2 fully saturated rings. The zero-order valence-electron chi connectivity index (χ0n) is 13.4. The Morgan fingerprint density at radius 2 is 1.54 bits per heavy atom. The quantitative estimate of drug-likeness (QED) is 0.765. The number of likely N-dealkylation sites (tertiary alicyclic amines) is 1. The molecule has 0 saturated carbocycles. The molecule has 1 aromatic rings. The van der Waals surface area contributed by atoms with Gasteiger partial charge in [0, 0.05) is 50.6 Å². The first-order chi connectivity index (χ1) is 11.5. The molecule has 0 N–H and O–H groups in total. The molecule has 128 valence electrons. The lowest BCUT2D eigenvalue weighted by Gasteiger charge is -2.35. The number of halogens is 1. The van der Waals surface area contributed by atoms with E-state index in [1.165, 1.54) is 5.56 Å². The van der Waals surface area contributed by atoms with E-state index in [1.54, 1.807) is 4.90 Å². The molecule has 1 aromatic carbocycles. The SMILES string of the molecule is O=C(CN1C(=O)CCC1=O)N1CCN(Cc2ccc(Cl)cc2)CC1. The highest BCUT2D eigenvalue weighted by Gasteiger charge is 2.32. The first-order valence-corrected chi connectivity index (χ1v) is 8.48. The Morgan fingerprint density at radius 1 is 0.958 bits per heavy atom. The molecule has 0 spiro atoms. The summed E-state index contributed by atoms with van der Waals surface area (Å²) in [4.78, 5) is 40.6. The third-order valence-electron chi connectivity index (χ3n) is 4.49. The lowest BCUT2D eigenvalue weighted by atomic mass is 10.2. The third kappa shape index (κ3) is 3.94. The summed E-state index contributed by atoms with van der Waals surface area (Å²) in [6.45, 7) is 3.48. The maximum Gasteiger partial charge on any atom is 0.242 e. The van der Waals surface area contributed by atoms with Crippen molar-refractivity contribution in [1.82, 2.24) is 14.7 Å². The number of amides is 3. The second-order valence-electron chi connectivity index (χ2n) is 6.16. The number of rotatable bonds is 4. The Morgan fingerprint density at radius 3 is 2.12 bits per heavy atom. The predicted molar refractivity (Wildman–Crippen MR) is 89.3 cm³/mol. The van der Waals surface area contributed by atoms with E-state index < -0.39 is 0 Å². The maximum absolute atomic E-state index is 12.3. The standard InChI is InChI=1S/C17H20ClN3O3/c18-14-3-1-13(2-4-14)11-19-7-9-20(10-8-19)17(24)12-21-15(22)5-6-16(21)23/h1-4H,5-12H2. The van der Waals surface area contributed by atoms with Crippen LogP contribution in [0.4, 0.5) is 0 Å². The molecule has 0 aromatic heterocycles. The van der Waals surface area contributed by atoms with Crippen molar-refractivity contribution in [3.05, 3.63) is 34.9 Å². The van der Waals surface area contributed by atoms with Gasteiger partial charge in [-0.15, -0.1) is 0 Å². The molecule has 2 heterocycles. The highest BCUT2D eigenvalue weighted by Crippen LogP contribution is 2.14. The van der Waals surface area contributed by atoms with Gasteiger partial charge in [-0.2, -0.15) is 0 Å². The average Bonchev–Trinajstić information content (AvgIpc) is 2.89. The number of hydrogen-bond acceptors (Lipinski definition) is 4. The first kappa shape index (κ1) is 16.9. The second-order valence-corrected chi connectivity index (χ2v) is 6.59. The Bertz CT molecular complexity index is 623. The van der Waals surface area contributed by atoms with Crippen molar-refractivity contribution < 1.29 is 14.4 Å². The number of carbonyl (C=O) groups excluding carboxylic acids is 3. The summed E-state index contributed by atoms with van der Waals surface area (Å²) in [5, 5.41) is 0.722. The van der Waals surface area contributed by atoms with Gasteiger partial charge < -0.3 is 4.90 Å². The zero-order valence-corrected chi connectivity index (χ0v) is 14.2. The number of piperazine rings is 1. The van der Waals surface area contributed by atoms with Gasteiger partial charge in [0.25, 0.3) is 0 Å². The van der Waals surface area contributed by atoms with Crippen molar-refractivity contribution in [2.24, 2.45) is 0 Å². The minimum absolute atomic E-state index is 0.116. The molecule has 0 aliphatic carbocycles. The maximum atomic E-state index is 12.3. The molecule has 3 rings (SSSR count). The van der Waals surface area contributed by atoms with E-state index in [-0.39, 0.29) is 37.1 Å². The number of nitrogens with zero attached hydrogens (tertiary/aromatic N) is 3. The van der Waals surface area contributed by atoms with E-state index in [4.69, 9.17) is 11.6 Å². The van der Waals surface area contributed by atoms with E-state index in [9.17, 15) is 14.4 Å². The van der Waals surface area contributed by atoms with Gasteiger partial charge in [0.05, 0.1) is 0 Å². The van der Waals surface area contributed by atoms with E-state index in [0.29, 0.717) is 13.1 Å². The largest absolute Gasteiger partial charge is 0.339 e. The Kier molecular flexibility index (Phi) is 5.16. The molecular formula is C17H20ClN3O3. The number of imide groups is 1. The lowest BCUT2D eigenvalue weighted by molar-refractivity contribution is -0.146. The fourth-order valence-corrected chi connectivity index (χ4v) is 3.16. The van der Waals surface area contributed by atoms with Gasteiger partial charge >= 0.3 is 0 Å². The Hall–Kier alpha value is -1.92. The van der Waals surface area contributed by atoms with E-state index in [0.717, 1.165) is 29.6 Å². The highest BCUT2D eigenvalue weighted by molar-refractivity contribution is 6.30. The van der Waals surface area contributed by atoms with Crippen LogP contribution in [0.3, 0.4) is 0 Å². The van der Waals surface area contributed by atoms with Crippen molar-refractivity contribution in [3.8, 4) is 0 Å². The Labute approximate surface area is 146 Å². The summed E-state index contributed by atoms with van der Waals surface area (Å²) in [7, 11) is 0.